The predicted molar refractivity (Wildman–Crippen MR) is 88.5 cm³/mol. The molecule has 1 aliphatic carbocycles. The molecule has 2 N–H and O–H groups in total. The van der Waals surface area contributed by atoms with Crippen LogP contribution in [-0.4, -0.2) is 22.8 Å². The van der Waals surface area contributed by atoms with E-state index in [1.165, 1.54) is 35.5 Å². The van der Waals surface area contributed by atoms with E-state index in [1.807, 2.05) is 10.8 Å². The highest BCUT2D eigenvalue weighted by atomic mass is 32.1. The molecule has 0 aromatic carbocycles. The van der Waals surface area contributed by atoms with Gasteiger partial charge >= 0.3 is 0 Å². The van der Waals surface area contributed by atoms with Gasteiger partial charge < -0.3 is 5.32 Å². The lowest BCUT2D eigenvalue weighted by molar-refractivity contribution is -0.121. The van der Waals surface area contributed by atoms with Crippen molar-refractivity contribution in [2.45, 2.75) is 38.1 Å². The first-order valence-electron chi connectivity index (χ1n) is 7.28. The van der Waals surface area contributed by atoms with Crippen LogP contribution >= 0.6 is 22.7 Å². The van der Waals surface area contributed by atoms with E-state index in [1.54, 1.807) is 11.4 Å². The molecule has 116 valence electrons. The predicted octanol–water partition coefficient (Wildman–Crippen LogP) is 3.06. The summed E-state index contributed by atoms with van der Waals surface area (Å²) in [6.45, 7) is 0. The van der Waals surface area contributed by atoms with E-state index >= 15 is 0 Å². The number of thiophene rings is 1. The minimum atomic E-state index is -0.169. The minimum Gasteiger partial charge on any atom is -0.353 e. The highest BCUT2D eigenvalue weighted by molar-refractivity contribution is 7.14. The van der Waals surface area contributed by atoms with Crippen molar-refractivity contribution >= 4 is 39.6 Å². The van der Waals surface area contributed by atoms with Gasteiger partial charge in [-0.2, -0.15) is 11.3 Å². The second-order valence-corrected chi connectivity index (χ2v) is 6.97. The van der Waals surface area contributed by atoms with Gasteiger partial charge in [0.25, 0.3) is 5.91 Å². The number of rotatable bonds is 5. The Morgan fingerprint density at radius 3 is 2.82 bits per heavy atom. The summed E-state index contributed by atoms with van der Waals surface area (Å²) < 4.78 is 0. The maximum absolute atomic E-state index is 12.0. The molecule has 2 aromatic heterocycles. The molecular formula is C15H17N3O2S2. The summed E-state index contributed by atoms with van der Waals surface area (Å²) in [5.41, 5.74) is 1.32. The number of nitrogens with zero attached hydrogens (tertiary/aromatic N) is 1. The third-order valence-electron chi connectivity index (χ3n) is 3.62. The Balaban J connectivity index is 1.52. The van der Waals surface area contributed by atoms with Crippen molar-refractivity contribution in [1.82, 2.24) is 10.3 Å². The van der Waals surface area contributed by atoms with Crippen LogP contribution in [0.2, 0.25) is 0 Å². The molecule has 0 aliphatic heterocycles. The number of aromatic nitrogens is 1. The smallest absolute Gasteiger partial charge is 0.258 e. The van der Waals surface area contributed by atoms with Crippen LogP contribution in [-0.2, 0) is 11.2 Å². The van der Waals surface area contributed by atoms with E-state index in [0.717, 1.165) is 12.8 Å². The maximum atomic E-state index is 12.0. The molecule has 1 aliphatic rings. The van der Waals surface area contributed by atoms with E-state index < -0.39 is 0 Å². The fourth-order valence-electron chi connectivity index (χ4n) is 2.52. The molecule has 0 atom stereocenters. The van der Waals surface area contributed by atoms with Crippen molar-refractivity contribution < 1.29 is 9.59 Å². The second-order valence-electron chi connectivity index (χ2n) is 5.34. The number of hydrogen-bond donors (Lipinski definition) is 2. The van der Waals surface area contributed by atoms with Crippen molar-refractivity contribution in [3.63, 3.8) is 0 Å². The normalized spacial score (nSPS) is 14.9. The monoisotopic (exact) mass is 335 g/mol. The zero-order valence-corrected chi connectivity index (χ0v) is 13.6. The van der Waals surface area contributed by atoms with E-state index in [9.17, 15) is 9.59 Å². The van der Waals surface area contributed by atoms with Gasteiger partial charge in [-0.3, -0.25) is 14.9 Å². The number of nitrogens with one attached hydrogen (secondary N) is 2. The van der Waals surface area contributed by atoms with E-state index in [0.29, 0.717) is 22.4 Å². The lowest BCUT2D eigenvalue weighted by Crippen LogP contribution is -2.33. The molecule has 2 heterocycles. The lowest BCUT2D eigenvalue weighted by atomic mass is 10.2. The first kappa shape index (κ1) is 15.2. The van der Waals surface area contributed by atoms with Crippen LogP contribution in [0.15, 0.2) is 22.2 Å². The van der Waals surface area contributed by atoms with Gasteiger partial charge in [-0.25, -0.2) is 4.98 Å². The van der Waals surface area contributed by atoms with E-state index in [-0.39, 0.29) is 18.2 Å². The fourth-order valence-corrected chi connectivity index (χ4v) is 3.86. The standard InChI is InChI=1S/C15H17N3O2S2/c19-13(16-11-3-1-2-4-11)7-12-9-22-15(17-12)18-14(20)10-5-6-21-8-10/h5-6,8-9,11H,1-4,7H2,(H,16,19)(H,17,18,20). The van der Waals surface area contributed by atoms with Gasteiger partial charge in [0.15, 0.2) is 5.13 Å². The SMILES string of the molecule is O=C(Cc1csc(NC(=O)c2ccsc2)n1)NC1CCCC1. The summed E-state index contributed by atoms with van der Waals surface area (Å²) in [6, 6.07) is 2.09. The van der Waals surface area contributed by atoms with Crippen LogP contribution in [0.3, 0.4) is 0 Å². The van der Waals surface area contributed by atoms with Gasteiger partial charge in [0.1, 0.15) is 0 Å². The van der Waals surface area contributed by atoms with Gasteiger partial charge in [-0.15, -0.1) is 11.3 Å². The Labute approximate surface area is 136 Å². The molecule has 1 fully saturated rings. The molecule has 2 amide bonds. The van der Waals surface area contributed by atoms with Gasteiger partial charge in [0.05, 0.1) is 17.7 Å². The third-order valence-corrected chi connectivity index (χ3v) is 5.11. The first-order chi connectivity index (χ1) is 10.7. The Kier molecular flexibility index (Phi) is 4.84. The lowest BCUT2D eigenvalue weighted by Gasteiger charge is -2.10. The highest BCUT2D eigenvalue weighted by Crippen LogP contribution is 2.19. The average Bonchev–Trinajstić information content (AvgIpc) is 3.20. The number of carbonyl (C=O) groups excluding carboxylic acids is 2. The van der Waals surface area contributed by atoms with Crippen LogP contribution in [0.4, 0.5) is 5.13 Å². The Morgan fingerprint density at radius 2 is 2.09 bits per heavy atom. The third kappa shape index (κ3) is 3.92. The molecule has 22 heavy (non-hydrogen) atoms. The molecule has 0 spiro atoms. The van der Waals surface area contributed by atoms with Crippen molar-refractivity contribution in [3.8, 4) is 0 Å². The summed E-state index contributed by atoms with van der Waals surface area (Å²) in [5, 5.41) is 11.8. The summed E-state index contributed by atoms with van der Waals surface area (Å²) in [5.74, 6) is -0.162. The molecule has 0 bridgehead atoms. The molecule has 2 aromatic rings. The fraction of sp³-hybridized carbons (Fsp3) is 0.400. The molecule has 0 unspecified atom stereocenters. The maximum Gasteiger partial charge on any atom is 0.258 e. The van der Waals surface area contributed by atoms with Crippen LogP contribution in [0, 0.1) is 0 Å². The Hall–Kier alpha value is -1.73. The number of carbonyl (C=O) groups is 2. The van der Waals surface area contributed by atoms with Crippen molar-refractivity contribution in [2.75, 3.05) is 5.32 Å². The van der Waals surface area contributed by atoms with Crippen LogP contribution in [0.1, 0.15) is 41.7 Å². The number of anilines is 1. The minimum absolute atomic E-state index is 0.00733. The van der Waals surface area contributed by atoms with Gasteiger partial charge in [-0.1, -0.05) is 12.8 Å². The molecule has 7 heteroatoms. The Bertz CT molecular complexity index is 646. The summed E-state index contributed by atoms with van der Waals surface area (Å²) in [4.78, 5) is 28.2. The second kappa shape index (κ2) is 7.02. The summed E-state index contributed by atoms with van der Waals surface area (Å²) in [7, 11) is 0. The quantitative estimate of drug-likeness (QED) is 0.882. The Morgan fingerprint density at radius 1 is 1.27 bits per heavy atom. The number of thiazole rings is 1. The average molecular weight is 335 g/mol. The summed E-state index contributed by atoms with van der Waals surface area (Å²) in [6.07, 6.45) is 4.80. The van der Waals surface area contributed by atoms with Gasteiger partial charge in [-0.05, 0) is 24.3 Å². The van der Waals surface area contributed by atoms with Crippen molar-refractivity contribution in [3.05, 3.63) is 33.5 Å². The molecule has 5 nitrogen and oxygen atoms in total. The molecule has 0 saturated heterocycles. The van der Waals surface area contributed by atoms with Crippen molar-refractivity contribution in [1.29, 1.82) is 0 Å². The topological polar surface area (TPSA) is 71.1 Å². The largest absolute Gasteiger partial charge is 0.353 e. The van der Waals surface area contributed by atoms with Crippen LogP contribution < -0.4 is 10.6 Å². The zero-order valence-electron chi connectivity index (χ0n) is 12.0. The zero-order chi connectivity index (χ0) is 15.4. The number of amides is 2. The van der Waals surface area contributed by atoms with E-state index in [2.05, 4.69) is 15.6 Å². The molecule has 3 rings (SSSR count). The van der Waals surface area contributed by atoms with Gasteiger partial charge in [0, 0.05) is 16.8 Å². The van der Waals surface area contributed by atoms with Crippen molar-refractivity contribution in [2.24, 2.45) is 0 Å². The molecule has 1 saturated carbocycles. The van der Waals surface area contributed by atoms with Gasteiger partial charge in [0.2, 0.25) is 5.91 Å². The van der Waals surface area contributed by atoms with Crippen LogP contribution in [0.25, 0.3) is 0 Å². The number of hydrogen-bond acceptors (Lipinski definition) is 5. The molecule has 0 radical (unpaired) electrons. The van der Waals surface area contributed by atoms with E-state index in [4.69, 9.17) is 0 Å². The summed E-state index contributed by atoms with van der Waals surface area (Å²) >= 11 is 2.82. The van der Waals surface area contributed by atoms with Crippen LogP contribution in [0.5, 0.6) is 0 Å². The first-order valence-corrected chi connectivity index (χ1v) is 9.10. The molecular weight excluding hydrogens is 318 g/mol. The highest BCUT2D eigenvalue weighted by Gasteiger charge is 2.18.